The van der Waals surface area contributed by atoms with E-state index in [9.17, 15) is 33.9 Å². The van der Waals surface area contributed by atoms with Gasteiger partial charge < -0.3 is 47.3 Å². The second-order valence-corrected chi connectivity index (χ2v) is 13.7. The molecule has 1 saturated carbocycles. The number of carbonyl (C=O) groups is 6. The number of methoxy groups -OCH3 is 1. The summed E-state index contributed by atoms with van der Waals surface area (Å²) in [6.07, 6.45) is 0.647. The fourth-order valence-electron chi connectivity index (χ4n) is 5.99. The van der Waals surface area contributed by atoms with E-state index in [2.05, 4.69) is 26.6 Å². The molecular formula is C35H56N6O9. The van der Waals surface area contributed by atoms with Crippen molar-refractivity contribution < 1.29 is 43.7 Å². The van der Waals surface area contributed by atoms with Crippen molar-refractivity contribution in [2.75, 3.05) is 13.7 Å². The predicted octanol–water partition coefficient (Wildman–Crippen LogP) is -0.725. The van der Waals surface area contributed by atoms with E-state index in [1.54, 1.807) is 27.7 Å². The van der Waals surface area contributed by atoms with Gasteiger partial charge in [-0.2, -0.15) is 0 Å². The summed E-state index contributed by atoms with van der Waals surface area (Å²) in [6, 6.07) is 3.18. The third-order valence-corrected chi connectivity index (χ3v) is 9.09. The van der Waals surface area contributed by atoms with Crippen LogP contribution in [-0.2, 0) is 39.9 Å². The third kappa shape index (κ3) is 12.1. The zero-order valence-corrected chi connectivity index (χ0v) is 30.1. The van der Waals surface area contributed by atoms with Gasteiger partial charge in [-0.1, -0.05) is 64.4 Å². The maximum Gasteiger partial charge on any atom is 0.328 e. The Hall–Kier alpha value is -4.08. The summed E-state index contributed by atoms with van der Waals surface area (Å²) in [7, 11) is 1.24. The van der Waals surface area contributed by atoms with Crippen molar-refractivity contribution >= 4 is 35.5 Å². The molecule has 50 heavy (non-hydrogen) atoms. The van der Waals surface area contributed by atoms with Gasteiger partial charge in [0.05, 0.1) is 25.9 Å². The largest absolute Gasteiger partial charge is 0.467 e. The van der Waals surface area contributed by atoms with E-state index in [0.717, 1.165) is 5.56 Å². The summed E-state index contributed by atoms with van der Waals surface area (Å²) in [5.74, 6) is -5.31. The summed E-state index contributed by atoms with van der Waals surface area (Å²) in [6.45, 7) is 9.36. The van der Waals surface area contributed by atoms with Crippen LogP contribution in [0, 0.1) is 23.7 Å². The Kier molecular flexibility index (Phi) is 16.8. The van der Waals surface area contributed by atoms with E-state index in [4.69, 9.17) is 15.6 Å². The summed E-state index contributed by atoms with van der Waals surface area (Å²) in [5, 5.41) is 34.2. The first-order valence-corrected chi connectivity index (χ1v) is 17.2. The molecule has 0 unspecified atom stereocenters. The highest BCUT2D eigenvalue weighted by Gasteiger charge is 2.42. The van der Waals surface area contributed by atoms with Gasteiger partial charge in [-0.3, -0.25) is 24.0 Å². The maximum atomic E-state index is 13.7. The lowest BCUT2D eigenvalue weighted by Crippen LogP contribution is -2.58. The molecule has 1 aromatic rings. The van der Waals surface area contributed by atoms with E-state index >= 15 is 0 Å². The highest BCUT2D eigenvalue weighted by Crippen LogP contribution is 2.36. The average molecular weight is 705 g/mol. The molecule has 1 fully saturated rings. The summed E-state index contributed by atoms with van der Waals surface area (Å²) >= 11 is 0. The monoisotopic (exact) mass is 704 g/mol. The molecule has 280 valence electrons. The van der Waals surface area contributed by atoms with Crippen LogP contribution in [0.1, 0.15) is 66.4 Å². The SMILES string of the molecule is COC(=O)[C@@H](NC(=O)[C@@H](NC(=O)[C@@H]1CCC[C@H]1[C@@H](O)[C@H](Cc1ccccc1)NC(=O)[C@H](C)NC(=O)[C@H](C)NC(=O)[C@@H](N)CO)C(C)C)C(C)C. The predicted molar refractivity (Wildman–Crippen MR) is 185 cm³/mol. The van der Waals surface area contributed by atoms with Crippen molar-refractivity contribution in [2.24, 2.45) is 29.4 Å². The molecule has 2 rings (SSSR count). The van der Waals surface area contributed by atoms with Crippen LogP contribution in [0.15, 0.2) is 30.3 Å². The molecule has 9 N–H and O–H groups in total. The van der Waals surface area contributed by atoms with E-state index in [1.165, 1.54) is 21.0 Å². The van der Waals surface area contributed by atoms with Crippen molar-refractivity contribution in [3.8, 4) is 0 Å². The van der Waals surface area contributed by atoms with Crippen LogP contribution in [0.3, 0.4) is 0 Å². The minimum Gasteiger partial charge on any atom is -0.467 e. The highest BCUT2D eigenvalue weighted by atomic mass is 16.5. The van der Waals surface area contributed by atoms with E-state index < -0.39 is 96.3 Å². The van der Waals surface area contributed by atoms with Crippen LogP contribution >= 0.6 is 0 Å². The number of benzene rings is 1. The molecule has 0 bridgehead atoms. The standard InChI is InChI=1S/C35H56N6O9/c1-18(2)27(34(48)41-28(19(3)4)35(49)50-7)40-32(46)24-15-11-14-23(24)29(43)26(16-22-12-9-8-10-13-22)39-31(45)21(6)37-30(44)20(5)38-33(47)25(36)17-42/h8-10,12-13,18-21,23-29,42-43H,11,14-17,36H2,1-7H3,(H,37,44)(H,38,47)(H,39,45)(H,40,46)(H,41,48)/t20-,21-,23+,24+,25-,26-,27-,28-,29+/m0/s1. The van der Waals surface area contributed by atoms with Gasteiger partial charge in [-0.15, -0.1) is 0 Å². The summed E-state index contributed by atoms with van der Waals surface area (Å²) in [5.41, 5.74) is 6.32. The van der Waals surface area contributed by atoms with Crippen molar-refractivity contribution in [1.82, 2.24) is 26.6 Å². The molecule has 1 aliphatic carbocycles. The molecule has 0 spiro atoms. The Morgan fingerprint density at radius 2 is 1.34 bits per heavy atom. The van der Waals surface area contributed by atoms with Crippen LogP contribution in [0.2, 0.25) is 0 Å². The third-order valence-electron chi connectivity index (χ3n) is 9.09. The smallest absolute Gasteiger partial charge is 0.328 e. The quantitative estimate of drug-likeness (QED) is 0.0892. The van der Waals surface area contributed by atoms with Crippen LogP contribution in [0.4, 0.5) is 0 Å². The van der Waals surface area contributed by atoms with Gasteiger partial charge in [0.2, 0.25) is 29.5 Å². The number of amides is 5. The normalized spacial score (nSPS) is 20.0. The molecule has 1 aromatic carbocycles. The highest BCUT2D eigenvalue weighted by molar-refractivity contribution is 5.93. The summed E-state index contributed by atoms with van der Waals surface area (Å²) in [4.78, 5) is 77.4. The number of esters is 1. The van der Waals surface area contributed by atoms with Gasteiger partial charge in [-0.25, -0.2) is 4.79 Å². The molecule has 0 aliphatic heterocycles. The van der Waals surface area contributed by atoms with Crippen molar-refractivity contribution in [3.63, 3.8) is 0 Å². The first kappa shape index (κ1) is 42.1. The number of aliphatic hydroxyl groups is 2. The average Bonchev–Trinajstić information content (AvgIpc) is 3.58. The number of hydrogen-bond acceptors (Lipinski definition) is 10. The van der Waals surface area contributed by atoms with E-state index in [0.29, 0.717) is 19.3 Å². The van der Waals surface area contributed by atoms with Gasteiger partial charge in [0, 0.05) is 5.92 Å². The summed E-state index contributed by atoms with van der Waals surface area (Å²) < 4.78 is 4.83. The molecule has 0 heterocycles. The topological polar surface area (TPSA) is 238 Å². The fourth-order valence-corrected chi connectivity index (χ4v) is 5.99. The minimum atomic E-state index is -1.20. The number of rotatable bonds is 18. The molecule has 0 radical (unpaired) electrons. The molecular weight excluding hydrogens is 648 g/mol. The lowest BCUT2D eigenvalue weighted by molar-refractivity contribution is -0.147. The molecule has 15 heteroatoms. The number of nitrogens with one attached hydrogen (secondary N) is 5. The number of ether oxygens (including phenoxy) is 1. The zero-order valence-electron chi connectivity index (χ0n) is 30.1. The Morgan fingerprint density at radius 1 is 0.780 bits per heavy atom. The Morgan fingerprint density at radius 3 is 1.88 bits per heavy atom. The van der Waals surface area contributed by atoms with Gasteiger partial charge in [0.25, 0.3) is 0 Å². The lowest BCUT2D eigenvalue weighted by Gasteiger charge is -2.33. The molecule has 15 nitrogen and oxygen atoms in total. The Balaban J connectivity index is 2.21. The minimum absolute atomic E-state index is 0.228. The first-order chi connectivity index (χ1) is 23.5. The van der Waals surface area contributed by atoms with Crippen molar-refractivity contribution in [2.45, 2.75) is 110 Å². The number of carbonyl (C=O) groups excluding carboxylic acids is 6. The molecule has 1 aliphatic rings. The van der Waals surface area contributed by atoms with Gasteiger partial charge >= 0.3 is 5.97 Å². The van der Waals surface area contributed by atoms with Gasteiger partial charge in [0.1, 0.15) is 30.2 Å². The van der Waals surface area contributed by atoms with E-state index in [1.807, 2.05) is 30.3 Å². The number of hydrogen-bond donors (Lipinski definition) is 8. The number of aliphatic hydroxyl groups excluding tert-OH is 2. The van der Waals surface area contributed by atoms with E-state index in [-0.39, 0.29) is 18.3 Å². The lowest BCUT2D eigenvalue weighted by atomic mass is 9.84. The van der Waals surface area contributed by atoms with Crippen LogP contribution in [0.25, 0.3) is 0 Å². The van der Waals surface area contributed by atoms with Crippen LogP contribution in [0.5, 0.6) is 0 Å². The maximum absolute atomic E-state index is 13.7. The van der Waals surface area contributed by atoms with Crippen molar-refractivity contribution in [1.29, 1.82) is 0 Å². The van der Waals surface area contributed by atoms with Crippen LogP contribution < -0.4 is 32.3 Å². The van der Waals surface area contributed by atoms with Crippen molar-refractivity contribution in [3.05, 3.63) is 35.9 Å². The Bertz CT molecular complexity index is 1310. The fraction of sp³-hybridized carbons (Fsp3) is 0.657. The Labute approximate surface area is 294 Å². The van der Waals surface area contributed by atoms with Crippen LogP contribution in [-0.4, -0.2) is 102 Å². The zero-order chi connectivity index (χ0) is 37.7. The second-order valence-electron chi connectivity index (χ2n) is 13.7. The molecule has 9 atom stereocenters. The molecule has 0 saturated heterocycles. The first-order valence-electron chi connectivity index (χ1n) is 17.2. The molecule has 0 aromatic heterocycles. The van der Waals surface area contributed by atoms with Gasteiger partial charge in [0.15, 0.2) is 0 Å². The second kappa shape index (κ2) is 19.9. The molecule has 5 amide bonds. The van der Waals surface area contributed by atoms with Gasteiger partial charge in [-0.05, 0) is 56.4 Å². The number of nitrogens with two attached hydrogens (primary N) is 1.